The Morgan fingerprint density at radius 1 is 0.510 bits per heavy atom. The molecule has 13 rings (SSSR count). The summed E-state index contributed by atoms with van der Waals surface area (Å²) in [5.74, 6) is 6.75. The van der Waals surface area contributed by atoms with Crippen molar-refractivity contribution in [2.75, 3.05) is 20.4 Å². The van der Waals surface area contributed by atoms with E-state index in [1.807, 2.05) is 153 Å². The molecule has 0 bridgehead atoms. The van der Waals surface area contributed by atoms with Crippen LogP contribution in [0.4, 0.5) is 4.39 Å². The first-order chi connectivity index (χ1) is 46.9. The third-order valence-corrected chi connectivity index (χ3v) is 15.1. The van der Waals surface area contributed by atoms with E-state index in [2.05, 4.69) is 116 Å². The fourth-order valence-corrected chi connectivity index (χ4v) is 10.2. The number of hydrogen-bond donors (Lipinski definition) is 0. The van der Waals surface area contributed by atoms with Gasteiger partial charge in [-0.25, -0.2) is 57.5 Å². The number of nitrogens with zero attached hydrogens (tertiary/aromatic N) is 19. The van der Waals surface area contributed by atoms with Gasteiger partial charge in [-0.3, -0.25) is 14.2 Å². The van der Waals surface area contributed by atoms with Crippen LogP contribution in [-0.4, -0.2) is 129 Å². The Labute approximate surface area is 597 Å². The summed E-state index contributed by atoms with van der Waals surface area (Å²) in [6.07, 6.45) is 17.1. The van der Waals surface area contributed by atoms with Gasteiger partial charge in [-0.2, -0.15) is 25.5 Å². The van der Waals surface area contributed by atoms with Gasteiger partial charge in [0.1, 0.15) is 5.82 Å². The van der Waals surface area contributed by atoms with Crippen molar-refractivity contribution in [1.29, 1.82) is 1.34 Å². The van der Waals surface area contributed by atoms with Crippen LogP contribution < -0.4 is 12.4 Å². The zero-order chi connectivity index (χ0) is 68.8. The van der Waals surface area contributed by atoms with E-state index in [-0.39, 0.29) is 43.5 Å². The number of carbonyl (C=O) groups is 1. The van der Waals surface area contributed by atoms with Gasteiger partial charge in [0.15, 0.2) is 69.8 Å². The maximum atomic E-state index is 10.8. The van der Waals surface area contributed by atoms with E-state index in [1.165, 1.54) is 24.0 Å². The van der Waals surface area contributed by atoms with Gasteiger partial charge in [-0.05, 0) is 109 Å². The Morgan fingerprint density at radius 3 is 1.46 bits per heavy atom. The third-order valence-electron chi connectivity index (χ3n) is 15.1. The average Bonchev–Trinajstić information content (AvgIpc) is 1.64. The molecule has 1 fully saturated rings. The smallest absolute Gasteiger partial charge is 0.191 e. The summed E-state index contributed by atoms with van der Waals surface area (Å²) in [5, 5.41) is 27.5. The van der Waals surface area contributed by atoms with Crippen molar-refractivity contribution in [3.8, 4) is 34.2 Å². The number of hydrogen-bond acceptors (Lipinski definition) is 15. The number of benzene rings is 3. The molecule has 3 aromatic carbocycles. The fraction of sp³-hybridized carbons (Fsp3) is 0.380. The Morgan fingerprint density at radius 2 is 0.969 bits per heavy atom. The number of rotatable bonds is 19. The van der Waals surface area contributed by atoms with Crippen LogP contribution in [-0.2, 0) is 62.9 Å². The van der Waals surface area contributed by atoms with Crippen molar-refractivity contribution in [3.05, 3.63) is 190 Å². The van der Waals surface area contributed by atoms with Gasteiger partial charge in [-0.1, -0.05) is 152 Å². The number of alkyl halides is 1. The van der Waals surface area contributed by atoms with Gasteiger partial charge in [0.25, 0.3) is 0 Å². The van der Waals surface area contributed by atoms with E-state index in [0.717, 1.165) is 182 Å². The molecule has 1 saturated heterocycles. The minimum absolute atomic E-state index is 0. The molecule has 0 amide bonds. The number of carbonyl (C=O) groups excluding carboxylic acids is 1. The van der Waals surface area contributed by atoms with Gasteiger partial charge in [-0.15, -0.1) is 5.10 Å². The normalized spacial score (nSPS) is 11.6. The maximum absolute atomic E-state index is 10.8. The van der Waals surface area contributed by atoms with Crippen molar-refractivity contribution >= 4 is 43.8 Å². The van der Waals surface area contributed by atoms with E-state index in [9.17, 15) is 9.18 Å². The molecule has 96 heavy (non-hydrogen) atoms. The molecule has 0 atom stereocenters. The van der Waals surface area contributed by atoms with Crippen LogP contribution in [0.25, 0.3) is 63.3 Å². The topological polar surface area (TPSA) is 222 Å². The quantitative estimate of drug-likeness (QED) is 0.0543. The average molecular weight is 1550 g/mol. The summed E-state index contributed by atoms with van der Waals surface area (Å²) in [6.45, 7) is 25.3. The zero-order valence-corrected chi connectivity index (χ0v) is 61.9. The predicted octanol–water partition coefficient (Wildman–Crippen LogP) is 9.96. The van der Waals surface area contributed by atoms with Crippen LogP contribution in [0.5, 0.6) is 0 Å². The van der Waals surface area contributed by atoms with Crippen molar-refractivity contribution in [2.45, 2.75) is 160 Å². The van der Waals surface area contributed by atoms with Gasteiger partial charge in [0.05, 0.1) is 19.9 Å². The second-order valence-electron chi connectivity index (χ2n) is 22.0. The maximum Gasteiger partial charge on any atom is 0.191 e. The molecule has 2 radical (unpaired) electrons. The summed E-state index contributed by atoms with van der Waals surface area (Å²) in [6, 6.07) is 38.3. The Hall–Kier alpha value is -8.42. The van der Waals surface area contributed by atoms with Crippen molar-refractivity contribution < 1.29 is 58.8 Å². The summed E-state index contributed by atoms with van der Waals surface area (Å²) in [5.41, 5.74) is 12.4. The molecule has 0 N–H and O–H groups in total. The van der Waals surface area contributed by atoms with E-state index in [0.29, 0.717) is 24.0 Å². The van der Waals surface area contributed by atoms with Crippen LogP contribution >= 0.6 is 0 Å². The monoisotopic (exact) mass is 1540 g/mol. The molecule has 502 valence electrons. The molecular formula is C71H89BClFN19O2U-. The number of aromatic nitrogens is 19. The molecule has 9 aromatic heterocycles. The van der Waals surface area contributed by atoms with Crippen LogP contribution in [0.3, 0.4) is 0 Å². The summed E-state index contributed by atoms with van der Waals surface area (Å²) in [4.78, 5) is 42.9. The van der Waals surface area contributed by atoms with Crippen molar-refractivity contribution in [2.24, 2.45) is 0 Å². The molecular weight excluding hydrogens is 1450 g/mol. The minimum atomic E-state index is -1.00. The molecule has 0 spiro atoms. The van der Waals surface area contributed by atoms with Gasteiger partial charge < -0.3 is 17.1 Å². The van der Waals surface area contributed by atoms with E-state index >= 15 is 0 Å². The Bertz CT molecular complexity index is 4320. The Balaban J connectivity index is 0.000000231. The van der Waals surface area contributed by atoms with Crippen LogP contribution in [0.15, 0.2) is 121 Å². The van der Waals surface area contributed by atoms with Gasteiger partial charge in [0.2, 0.25) is 0 Å². The van der Waals surface area contributed by atoms with Crippen LogP contribution in [0.2, 0.25) is 0 Å². The SMILES string of the molecule is C1CCOC1.CCCn1nc(-c2ccccc2)nc1/C=C/c1nc2c(CC)ccc(C)n2n1.CCCn1nc(-c2ccccc2)nc1C=O.CCCn1nc(-c2ccccc2)nc1CCc1nc2c(CC)ccc(C)n2n1.CCc1nc2c(CC)ncc(C)n2n1.[2H]CF.[2H][B].[Cl-].[U]. The van der Waals surface area contributed by atoms with Gasteiger partial charge in [0, 0.05) is 126 Å². The van der Waals surface area contributed by atoms with E-state index in [4.69, 9.17) is 37.6 Å². The molecule has 25 heteroatoms. The first-order valence-corrected chi connectivity index (χ1v) is 32.4. The third kappa shape index (κ3) is 20.6. The number of aldehydes is 1. The van der Waals surface area contributed by atoms with Crippen molar-refractivity contribution in [3.63, 3.8) is 0 Å². The second-order valence-corrected chi connectivity index (χ2v) is 22.0. The summed E-state index contributed by atoms with van der Waals surface area (Å²) >= 11 is 0. The number of aryl methyl sites for hydroxylation is 12. The first kappa shape index (κ1) is 75.0. The fourth-order valence-electron chi connectivity index (χ4n) is 10.2. The number of fused-ring (bicyclic) bond motifs is 3. The molecule has 0 saturated carbocycles. The van der Waals surface area contributed by atoms with Crippen LogP contribution in [0.1, 0.15) is 156 Å². The largest absolute Gasteiger partial charge is 1.00 e. The molecule has 12 aromatic rings. The molecule has 0 aliphatic carbocycles. The zero-order valence-electron chi connectivity index (χ0n) is 58.9. The molecule has 1 aliphatic heterocycles. The second kappa shape index (κ2) is 40.2. The predicted molar refractivity (Wildman–Crippen MR) is 372 cm³/mol. The summed E-state index contributed by atoms with van der Waals surface area (Å²) in [7, 11) is 2.75. The number of pyridine rings is 2. The van der Waals surface area contributed by atoms with Gasteiger partial charge >= 0.3 is 0 Å². The Kier molecular flexibility index (Phi) is 31.4. The van der Waals surface area contributed by atoms with E-state index in [1.54, 1.807) is 4.68 Å². The number of ether oxygens (including phenoxy) is 1. The summed E-state index contributed by atoms with van der Waals surface area (Å²) < 4.78 is 37.1. The van der Waals surface area contributed by atoms with E-state index < -0.39 is 7.15 Å². The molecule has 0 unspecified atom stereocenters. The first-order valence-electron chi connectivity index (χ1n) is 33.6. The standard InChI is InChI=1S/C22H26N6.C22H24N6.C12H13N3O.C10H14N4.C4H8O.CH3F.BH.ClH.U/c2*1-4-15-27-20(24-21(26-27)18-9-7-6-8-10-18)14-13-19-23-22-17(5-2)12-11-16(3)28(22)25-19;1-2-8-15-11(9-16)13-12(14-15)10-6-4-3-5-7-10;1-4-8-10-12-9(5-2)13-14(10)7(3)6-11-8;1-2-4-5-3-1;1-2;;;/h6-12H,4-5,13-15H2,1-3H3;6-14H,4-5,15H2,1-3H3;3-7,9H,2,8H2,1H3;6H,4-5H2,1-3H3;1-4H2;1H3;2*1H;/p-1/b;14-13+;;;;;;;/i;;;;;2*1D;;. The molecule has 1 aliphatic rings. The number of halogens is 2. The molecule has 10 heterocycles. The minimum Gasteiger partial charge on any atom is -1.00 e. The van der Waals surface area contributed by atoms with Crippen LogP contribution in [0, 0.1) is 51.9 Å². The van der Waals surface area contributed by atoms with Crippen molar-refractivity contribution in [1.82, 2.24) is 93.1 Å². The molecule has 21 nitrogen and oxygen atoms in total.